The molecule has 7 heteroatoms. The molecular weight excluding hydrogens is 302 g/mol. The molecule has 0 aliphatic rings. The highest BCUT2D eigenvalue weighted by atomic mass is 32.2. The van der Waals surface area contributed by atoms with Gasteiger partial charge in [-0.15, -0.1) is 0 Å². The zero-order chi connectivity index (χ0) is 15.5. The van der Waals surface area contributed by atoms with Gasteiger partial charge in [-0.1, -0.05) is 28.5 Å². The van der Waals surface area contributed by atoms with E-state index in [4.69, 9.17) is 9.05 Å². The third-order valence-electron chi connectivity index (χ3n) is 3.27. The first-order valence-electron chi connectivity index (χ1n) is 6.78. The van der Waals surface area contributed by atoms with Crippen molar-refractivity contribution >= 4 is 10.8 Å². The molecule has 2 heterocycles. The van der Waals surface area contributed by atoms with Crippen LogP contribution in [0, 0.1) is 13.8 Å². The number of aryl methyl sites for hydroxylation is 2. The van der Waals surface area contributed by atoms with E-state index in [2.05, 4.69) is 15.3 Å². The fourth-order valence-corrected chi connectivity index (χ4v) is 3.32. The lowest BCUT2D eigenvalue weighted by molar-refractivity contribution is 0.392. The van der Waals surface area contributed by atoms with Gasteiger partial charge >= 0.3 is 0 Å². The van der Waals surface area contributed by atoms with E-state index in [1.54, 1.807) is 0 Å². The van der Waals surface area contributed by atoms with Crippen LogP contribution in [0.5, 0.6) is 0 Å². The topological polar surface area (TPSA) is 82.0 Å². The lowest BCUT2D eigenvalue weighted by Crippen LogP contribution is -2.02. The number of benzene rings is 1. The van der Waals surface area contributed by atoms with Crippen molar-refractivity contribution < 1.29 is 13.3 Å². The van der Waals surface area contributed by atoms with Gasteiger partial charge < -0.3 is 9.05 Å². The van der Waals surface area contributed by atoms with Crippen LogP contribution in [0.2, 0.25) is 0 Å². The molecule has 114 valence electrons. The molecule has 0 N–H and O–H groups in total. The molecule has 2 aromatic heterocycles. The van der Waals surface area contributed by atoms with Crippen LogP contribution in [0.1, 0.15) is 22.8 Å². The molecule has 1 aromatic carbocycles. The van der Waals surface area contributed by atoms with Crippen molar-refractivity contribution in [1.82, 2.24) is 15.3 Å². The smallest absolute Gasteiger partial charge is 0.257 e. The summed E-state index contributed by atoms with van der Waals surface area (Å²) in [7, 11) is -1.15. The Bertz CT molecular complexity index is 776. The normalized spacial score (nSPS) is 12.5. The highest BCUT2D eigenvalue weighted by Crippen LogP contribution is 2.18. The Morgan fingerprint density at radius 1 is 1.05 bits per heavy atom. The molecular formula is C15H15N3O3S. The van der Waals surface area contributed by atoms with E-state index in [1.807, 2.05) is 44.2 Å². The molecule has 22 heavy (non-hydrogen) atoms. The van der Waals surface area contributed by atoms with Gasteiger partial charge in [0.2, 0.25) is 0 Å². The predicted molar refractivity (Wildman–Crippen MR) is 81.3 cm³/mol. The summed E-state index contributed by atoms with van der Waals surface area (Å²) in [5.74, 6) is 2.18. The quantitative estimate of drug-likeness (QED) is 0.719. The Labute approximate surface area is 130 Å². The van der Waals surface area contributed by atoms with Crippen LogP contribution in [0.25, 0.3) is 11.5 Å². The Hall–Kier alpha value is -2.28. The average molecular weight is 317 g/mol. The molecule has 0 saturated heterocycles. The lowest BCUT2D eigenvalue weighted by atomic mass is 10.2. The van der Waals surface area contributed by atoms with Crippen molar-refractivity contribution in [3.8, 4) is 11.5 Å². The second-order valence-corrected chi connectivity index (χ2v) is 6.37. The predicted octanol–water partition coefficient (Wildman–Crippen LogP) is 2.79. The minimum absolute atomic E-state index is 0.237. The summed E-state index contributed by atoms with van der Waals surface area (Å²) in [5, 5.41) is 7.75. The average Bonchev–Trinajstić information content (AvgIpc) is 3.10. The largest absolute Gasteiger partial charge is 0.361 e. The standard InChI is InChI=1S/C15H15N3O3S/c1-10-13(11(2)20-17-10)8-22(19)9-14-16-15(21-18-14)12-6-4-3-5-7-12/h3-7H,8-9H2,1-2H3/t22-/m0/s1. The van der Waals surface area contributed by atoms with Gasteiger partial charge in [0.1, 0.15) is 5.76 Å². The van der Waals surface area contributed by atoms with Crippen molar-refractivity contribution in [3.63, 3.8) is 0 Å². The molecule has 0 aliphatic carbocycles. The molecule has 0 amide bonds. The summed E-state index contributed by atoms with van der Waals surface area (Å²) in [6, 6.07) is 9.49. The van der Waals surface area contributed by atoms with Crippen LogP contribution in [0.15, 0.2) is 39.4 Å². The summed E-state index contributed by atoms with van der Waals surface area (Å²) in [6.07, 6.45) is 0. The summed E-state index contributed by atoms with van der Waals surface area (Å²) in [5.41, 5.74) is 2.49. The third-order valence-corrected chi connectivity index (χ3v) is 4.46. The number of hydrogen-bond donors (Lipinski definition) is 0. The summed E-state index contributed by atoms with van der Waals surface area (Å²) in [4.78, 5) is 4.28. The van der Waals surface area contributed by atoms with Crippen LogP contribution in [-0.2, 0) is 22.3 Å². The van der Waals surface area contributed by atoms with Gasteiger partial charge in [-0.3, -0.25) is 4.21 Å². The maximum atomic E-state index is 12.3. The second-order valence-electron chi connectivity index (χ2n) is 4.91. The number of rotatable bonds is 5. The van der Waals surface area contributed by atoms with Gasteiger partial charge in [0.15, 0.2) is 5.82 Å². The Morgan fingerprint density at radius 2 is 1.82 bits per heavy atom. The molecule has 0 spiro atoms. The van der Waals surface area contributed by atoms with Crippen molar-refractivity contribution in [3.05, 3.63) is 53.2 Å². The fourth-order valence-electron chi connectivity index (χ4n) is 2.07. The minimum atomic E-state index is -1.15. The maximum absolute atomic E-state index is 12.3. The molecule has 0 bridgehead atoms. The third kappa shape index (κ3) is 3.14. The van der Waals surface area contributed by atoms with Crippen LogP contribution < -0.4 is 0 Å². The van der Waals surface area contributed by atoms with Crippen LogP contribution in [0.3, 0.4) is 0 Å². The molecule has 3 rings (SSSR count). The Balaban J connectivity index is 1.69. The maximum Gasteiger partial charge on any atom is 0.257 e. The molecule has 0 radical (unpaired) electrons. The lowest BCUT2D eigenvalue weighted by Gasteiger charge is -1.98. The molecule has 0 saturated carbocycles. The van der Waals surface area contributed by atoms with Gasteiger partial charge in [0.25, 0.3) is 5.89 Å². The summed E-state index contributed by atoms with van der Waals surface area (Å²) >= 11 is 0. The van der Waals surface area contributed by atoms with Gasteiger partial charge in [-0.2, -0.15) is 4.98 Å². The monoisotopic (exact) mass is 317 g/mol. The molecule has 0 aliphatic heterocycles. The number of nitrogens with zero attached hydrogens (tertiary/aromatic N) is 3. The van der Waals surface area contributed by atoms with E-state index in [0.717, 1.165) is 16.8 Å². The molecule has 0 fully saturated rings. The molecule has 6 nitrogen and oxygen atoms in total. The van der Waals surface area contributed by atoms with Crippen LogP contribution in [-0.4, -0.2) is 19.5 Å². The minimum Gasteiger partial charge on any atom is -0.361 e. The van der Waals surface area contributed by atoms with Gasteiger partial charge in [-0.05, 0) is 26.0 Å². The first-order chi connectivity index (χ1) is 10.6. The molecule has 3 aromatic rings. The van der Waals surface area contributed by atoms with Gasteiger partial charge in [0.05, 0.1) is 17.2 Å². The highest BCUT2D eigenvalue weighted by Gasteiger charge is 2.15. The number of hydrogen-bond acceptors (Lipinski definition) is 6. The Kier molecular flexibility index (Phi) is 4.15. The van der Waals surface area contributed by atoms with Crippen LogP contribution >= 0.6 is 0 Å². The highest BCUT2D eigenvalue weighted by molar-refractivity contribution is 7.83. The van der Waals surface area contributed by atoms with E-state index < -0.39 is 10.8 Å². The SMILES string of the molecule is Cc1noc(C)c1C[S@](=O)Cc1noc(-c2ccccc2)n1. The second kappa shape index (κ2) is 6.23. The van der Waals surface area contributed by atoms with Gasteiger partial charge in [0, 0.05) is 21.9 Å². The van der Waals surface area contributed by atoms with Crippen LogP contribution in [0.4, 0.5) is 0 Å². The molecule has 1 atom stereocenters. The first kappa shape index (κ1) is 14.6. The number of aromatic nitrogens is 3. The first-order valence-corrected chi connectivity index (χ1v) is 8.27. The van der Waals surface area contributed by atoms with E-state index in [-0.39, 0.29) is 5.75 Å². The molecule has 0 unspecified atom stereocenters. The fraction of sp³-hybridized carbons (Fsp3) is 0.267. The van der Waals surface area contributed by atoms with E-state index in [0.29, 0.717) is 23.2 Å². The summed E-state index contributed by atoms with van der Waals surface area (Å²) in [6.45, 7) is 3.65. The van der Waals surface area contributed by atoms with E-state index in [9.17, 15) is 4.21 Å². The van der Waals surface area contributed by atoms with Crippen molar-refractivity contribution in [2.24, 2.45) is 0 Å². The van der Waals surface area contributed by atoms with Crippen molar-refractivity contribution in [1.29, 1.82) is 0 Å². The van der Waals surface area contributed by atoms with E-state index in [1.165, 1.54) is 0 Å². The Morgan fingerprint density at radius 3 is 2.50 bits per heavy atom. The van der Waals surface area contributed by atoms with Crippen molar-refractivity contribution in [2.75, 3.05) is 0 Å². The zero-order valence-corrected chi connectivity index (χ0v) is 13.1. The summed E-state index contributed by atoms with van der Waals surface area (Å²) < 4.78 is 22.5. The van der Waals surface area contributed by atoms with Crippen molar-refractivity contribution in [2.45, 2.75) is 25.4 Å². The van der Waals surface area contributed by atoms with E-state index >= 15 is 0 Å². The van der Waals surface area contributed by atoms with Gasteiger partial charge in [-0.25, -0.2) is 0 Å². The zero-order valence-electron chi connectivity index (χ0n) is 12.3.